The number of unbranched alkanes of at least 4 members (excludes halogenated alkanes) is 6. The van der Waals surface area contributed by atoms with Crippen LogP contribution in [0.3, 0.4) is 0 Å². The number of benzene rings is 2. The molecule has 0 atom stereocenters. The van der Waals surface area contributed by atoms with Crippen LogP contribution in [0.4, 0.5) is 5.95 Å². The SMILES string of the molecule is CCCCCCCCCn1c(/N=C/c2nc3ccccc3n2CC)nc2ccccc21. The highest BCUT2D eigenvalue weighted by Gasteiger charge is 2.11. The predicted octanol–water partition coefficient (Wildman–Crippen LogP) is 6.91. The van der Waals surface area contributed by atoms with Gasteiger partial charge in [0.15, 0.2) is 5.82 Å². The van der Waals surface area contributed by atoms with Gasteiger partial charge in [-0.2, -0.15) is 0 Å². The van der Waals surface area contributed by atoms with Crippen LogP contribution >= 0.6 is 0 Å². The number of hydrogen-bond acceptors (Lipinski definition) is 3. The second-order valence-corrected chi connectivity index (χ2v) is 8.13. The molecule has 0 bridgehead atoms. The Morgan fingerprint density at radius 3 is 2.06 bits per heavy atom. The molecule has 2 heterocycles. The van der Waals surface area contributed by atoms with E-state index in [2.05, 4.69) is 59.4 Å². The first-order valence-electron chi connectivity index (χ1n) is 11.8. The third-order valence-corrected chi connectivity index (χ3v) is 5.92. The number of aliphatic imine (C=N–C) groups is 1. The Balaban J connectivity index is 1.54. The summed E-state index contributed by atoms with van der Waals surface area (Å²) in [5.41, 5.74) is 4.30. The maximum absolute atomic E-state index is 4.80. The Bertz CT molecular complexity index is 1150. The van der Waals surface area contributed by atoms with Crippen LogP contribution in [0.25, 0.3) is 22.1 Å². The Labute approximate surface area is 184 Å². The molecule has 0 aliphatic carbocycles. The minimum Gasteiger partial charge on any atom is -0.323 e. The number of aromatic nitrogens is 4. The molecule has 0 N–H and O–H groups in total. The quantitative estimate of drug-likeness (QED) is 0.197. The zero-order valence-electron chi connectivity index (χ0n) is 18.8. The van der Waals surface area contributed by atoms with Gasteiger partial charge in [-0.1, -0.05) is 69.7 Å². The van der Waals surface area contributed by atoms with E-state index in [-0.39, 0.29) is 0 Å². The van der Waals surface area contributed by atoms with Crippen LogP contribution in [-0.4, -0.2) is 25.3 Å². The summed E-state index contributed by atoms with van der Waals surface area (Å²) >= 11 is 0. The van der Waals surface area contributed by atoms with Gasteiger partial charge in [0.2, 0.25) is 5.95 Å². The van der Waals surface area contributed by atoms with E-state index in [0.717, 1.165) is 53.3 Å². The average Bonchev–Trinajstić information content (AvgIpc) is 3.34. The second-order valence-electron chi connectivity index (χ2n) is 8.13. The number of nitrogens with zero attached hydrogens (tertiary/aromatic N) is 5. The maximum atomic E-state index is 4.80. The first-order chi connectivity index (χ1) is 15.3. The number of para-hydroxylation sites is 4. The van der Waals surface area contributed by atoms with Crippen LogP contribution in [-0.2, 0) is 13.1 Å². The smallest absolute Gasteiger partial charge is 0.230 e. The third kappa shape index (κ3) is 4.87. The topological polar surface area (TPSA) is 48.0 Å². The molecule has 0 amide bonds. The van der Waals surface area contributed by atoms with E-state index in [9.17, 15) is 0 Å². The Morgan fingerprint density at radius 1 is 0.742 bits per heavy atom. The number of aryl methyl sites for hydroxylation is 2. The van der Waals surface area contributed by atoms with Crippen molar-refractivity contribution in [3.63, 3.8) is 0 Å². The lowest BCUT2D eigenvalue weighted by Gasteiger charge is -2.07. The lowest BCUT2D eigenvalue weighted by atomic mass is 10.1. The van der Waals surface area contributed by atoms with Crippen molar-refractivity contribution in [1.82, 2.24) is 19.1 Å². The fourth-order valence-electron chi connectivity index (χ4n) is 4.25. The normalized spacial score (nSPS) is 11.9. The molecular weight excluding hydrogens is 382 g/mol. The molecule has 4 aromatic rings. The van der Waals surface area contributed by atoms with Gasteiger partial charge in [-0.05, 0) is 37.6 Å². The monoisotopic (exact) mass is 415 g/mol. The van der Waals surface area contributed by atoms with Gasteiger partial charge >= 0.3 is 0 Å². The lowest BCUT2D eigenvalue weighted by Crippen LogP contribution is -2.01. The average molecular weight is 416 g/mol. The van der Waals surface area contributed by atoms with Crippen molar-refractivity contribution >= 4 is 34.2 Å². The van der Waals surface area contributed by atoms with E-state index >= 15 is 0 Å². The molecule has 0 aliphatic heterocycles. The standard InChI is InChI=1S/C26H33N5/c1-3-5-6-7-8-9-14-19-31-24-18-13-11-16-22(24)29-26(31)27-20-25-28-21-15-10-12-17-23(21)30(25)4-2/h10-13,15-18,20H,3-9,14,19H2,1-2H3/b27-20+. The fraction of sp³-hybridized carbons (Fsp3) is 0.423. The van der Waals surface area contributed by atoms with E-state index in [1.807, 2.05) is 18.3 Å². The van der Waals surface area contributed by atoms with E-state index in [1.165, 1.54) is 38.5 Å². The summed E-state index contributed by atoms with van der Waals surface area (Å²) < 4.78 is 4.46. The largest absolute Gasteiger partial charge is 0.323 e. The zero-order chi connectivity index (χ0) is 21.5. The van der Waals surface area contributed by atoms with Crippen molar-refractivity contribution in [2.75, 3.05) is 0 Å². The van der Waals surface area contributed by atoms with E-state index in [1.54, 1.807) is 0 Å². The van der Waals surface area contributed by atoms with Crippen molar-refractivity contribution in [3.05, 3.63) is 54.4 Å². The molecule has 2 aromatic carbocycles. The third-order valence-electron chi connectivity index (χ3n) is 5.92. The van der Waals surface area contributed by atoms with E-state index in [0.29, 0.717) is 0 Å². The first-order valence-corrected chi connectivity index (χ1v) is 11.8. The van der Waals surface area contributed by atoms with Gasteiger partial charge < -0.3 is 9.13 Å². The molecule has 0 spiro atoms. The second kappa shape index (κ2) is 10.4. The van der Waals surface area contributed by atoms with Gasteiger partial charge in [0, 0.05) is 13.1 Å². The van der Waals surface area contributed by atoms with Crippen LogP contribution in [0.5, 0.6) is 0 Å². The summed E-state index contributed by atoms with van der Waals surface area (Å²) in [7, 11) is 0. The van der Waals surface area contributed by atoms with Gasteiger partial charge in [0.05, 0.1) is 28.3 Å². The maximum Gasteiger partial charge on any atom is 0.230 e. The van der Waals surface area contributed by atoms with Gasteiger partial charge in [0.25, 0.3) is 0 Å². The van der Waals surface area contributed by atoms with Crippen molar-refractivity contribution in [2.45, 2.75) is 71.9 Å². The summed E-state index contributed by atoms with van der Waals surface area (Å²) in [5.74, 6) is 1.64. The summed E-state index contributed by atoms with van der Waals surface area (Å²) in [6, 6.07) is 16.6. The lowest BCUT2D eigenvalue weighted by molar-refractivity contribution is 0.556. The molecule has 0 saturated heterocycles. The highest BCUT2D eigenvalue weighted by Crippen LogP contribution is 2.23. The van der Waals surface area contributed by atoms with Crippen LogP contribution in [0, 0.1) is 0 Å². The molecule has 2 aromatic heterocycles. The van der Waals surface area contributed by atoms with Crippen LogP contribution in [0.1, 0.15) is 64.6 Å². The number of rotatable bonds is 11. The molecule has 31 heavy (non-hydrogen) atoms. The Morgan fingerprint density at radius 2 is 1.35 bits per heavy atom. The van der Waals surface area contributed by atoms with E-state index < -0.39 is 0 Å². The van der Waals surface area contributed by atoms with Crippen molar-refractivity contribution in [2.24, 2.45) is 4.99 Å². The molecule has 0 fully saturated rings. The first kappa shape index (κ1) is 21.3. The zero-order valence-corrected chi connectivity index (χ0v) is 18.8. The highest BCUT2D eigenvalue weighted by molar-refractivity contribution is 5.86. The van der Waals surface area contributed by atoms with Gasteiger partial charge in [-0.15, -0.1) is 0 Å². The number of fused-ring (bicyclic) bond motifs is 2. The van der Waals surface area contributed by atoms with Crippen LogP contribution in [0.2, 0.25) is 0 Å². The van der Waals surface area contributed by atoms with Crippen molar-refractivity contribution in [1.29, 1.82) is 0 Å². The summed E-state index contributed by atoms with van der Waals surface area (Å²) in [4.78, 5) is 14.4. The molecule has 0 aliphatic rings. The molecule has 5 heteroatoms. The summed E-state index contributed by atoms with van der Waals surface area (Å²) in [5, 5.41) is 0. The minimum absolute atomic E-state index is 0.766. The fourth-order valence-corrected chi connectivity index (χ4v) is 4.25. The van der Waals surface area contributed by atoms with Crippen molar-refractivity contribution < 1.29 is 0 Å². The van der Waals surface area contributed by atoms with Crippen molar-refractivity contribution in [3.8, 4) is 0 Å². The van der Waals surface area contributed by atoms with Crippen LogP contribution in [0.15, 0.2) is 53.5 Å². The molecule has 0 unspecified atom stereocenters. The van der Waals surface area contributed by atoms with Gasteiger partial charge in [-0.3, -0.25) is 0 Å². The molecule has 5 nitrogen and oxygen atoms in total. The minimum atomic E-state index is 0.766. The Kier molecular flexibility index (Phi) is 7.13. The molecule has 0 saturated carbocycles. The molecule has 4 rings (SSSR count). The number of hydrogen-bond donors (Lipinski definition) is 0. The molecule has 162 valence electrons. The number of imidazole rings is 2. The highest BCUT2D eigenvalue weighted by atomic mass is 15.2. The van der Waals surface area contributed by atoms with Gasteiger partial charge in [-0.25, -0.2) is 15.0 Å². The van der Waals surface area contributed by atoms with Crippen LogP contribution < -0.4 is 0 Å². The summed E-state index contributed by atoms with van der Waals surface area (Å²) in [6.45, 7) is 6.21. The van der Waals surface area contributed by atoms with Gasteiger partial charge in [0.1, 0.15) is 0 Å². The molecular formula is C26H33N5. The van der Waals surface area contributed by atoms with E-state index in [4.69, 9.17) is 15.0 Å². The summed E-state index contributed by atoms with van der Waals surface area (Å²) in [6.07, 6.45) is 10.9. The Hall–Kier alpha value is -2.95. The molecule has 0 radical (unpaired) electrons. The predicted molar refractivity (Wildman–Crippen MR) is 130 cm³/mol.